The van der Waals surface area contributed by atoms with Gasteiger partial charge in [0.15, 0.2) is 0 Å². The van der Waals surface area contributed by atoms with Crippen molar-refractivity contribution in [2.75, 3.05) is 12.3 Å². The van der Waals surface area contributed by atoms with E-state index in [4.69, 9.17) is 10.5 Å². The Hall–Kier alpha value is -2.82. The molecule has 3 N–H and O–H groups in total. The Balaban J connectivity index is 0.00000324. The van der Waals surface area contributed by atoms with E-state index in [1.807, 2.05) is 24.3 Å². The number of aromatic nitrogens is 1. The second kappa shape index (κ2) is 11.1. The topological polar surface area (TPSA) is 127 Å². The zero-order chi connectivity index (χ0) is 23.4. The van der Waals surface area contributed by atoms with Crippen molar-refractivity contribution < 1.29 is 47.3 Å². The van der Waals surface area contributed by atoms with Crippen LogP contribution in [0.1, 0.15) is 6.42 Å². The summed E-state index contributed by atoms with van der Waals surface area (Å²) in [6.45, 7) is 4.28. The second-order valence-electron chi connectivity index (χ2n) is 7.13. The minimum Gasteiger partial charge on any atom is -0.496 e. The maximum absolute atomic E-state index is 11.9. The number of anilines is 1. The molecule has 0 aliphatic heterocycles. The van der Waals surface area contributed by atoms with Gasteiger partial charge in [-0.3, -0.25) is 9.54 Å². The fraction of sp³-hybridized carbons (Fsp3) is 0.0833. The van der Waals surface area contributed by atoms with E-state index in [1.54, 1.807) is 36.4 Å². The van der Waals surface area contributed by atoms with Crippen molar-refractivity contribution in [2.24, 2.45) is 10.2 Å². The van der Waals surface area contributed by atoms with E-state index < -0.39 is 10.1 Å². The Kier molecular flexibility index (Phi) is 8.40. The number of fused-ring (bicyclic) bond motifs is 1. The minimum absolute atomic E-state index is 0. The van der Waals surface area contributed by atoms with Crippen LogP contribution < -0.4 is 40.0 Å². The van der Waals surface area contributed by atoms with Crippen LogP contribution in [-0.2, 0) is 10.1 Å². The van der Waals surface area contributed by atoms with Gasteiger partial charge in [0.25, 0.3) is 10.1 Å². The molecule has 0 radical (unpaired) electrons. The third kappa shape index (κ3) is 5.63. The van der Waals surface area contributed by atoms with E-state index in [0.717, 1.165) is 5.56 Å². The van der Waals surface area contributed by atoms with Gasteiger partial charge in [-0.1, -0.05) is 36.4 Å². The molecule has 0 fully saturated rings. The van der Waals surface area contributed by atoms with Gasteiger partial charge in [-0.25, -0.2) is 0 Å². The van der Waals surface area contributed by atoms with E-state index in [1.165, 1.54) is 12.3 Å². The number of pyridine rings is 1. The van der Waals surface area contributed by atoms with Crippen molar-refractivity contribution >= 4 is 38.0 Å². The fourth-order valence-electron chi connectivity index (χ4n) is 3.35. The van der Waals surface area contributed by atoms with Gasteiger partial charge < -0.3 is 17.4 Å². The van der Waals surface area contributed by atoms with E-state index >= 15 is 0 Å². The minimum atomic E-state index is -4.48. The summed E-state index contributed by atoms with van der Waals surface area (Å²) in [5.74, 6) is 0.713. The van der Waals surface area contributed by atoms with E-state index in [2.05, 4.69) is 22.1 Å². The quantitative estimate of drug-likeness (QED) is 0.137. The zero-order valence-electron chi connectivity index (χ0n) is 18.5. The number of para-hydroxylation sites is 1. The van der Waals surface area contributed by atoms with Gasteiger partial charge in [-0.2, -0.15) is 8.42 Å². The zero-order valence-corrected chi connectivity index (χ0v) is 21.4. The summed E-state index contributed by atoms with van der Waals surface area (Å²) in [5.41, 5.74) is 8.54. The molecule has 168 valence electrons. The summed E-state index contributed by atoms with van der Waals surface area (Å²) in [6, 6.07) is 18.9. The molecule has 0 bridgehead atoms. The molecule has 0 atom stereocenters. The largest absolute Gasteiger partial charge is 1.00 e. The number of ether oxygens (including phenoxy) is 1. The summed E-state index contributed by atoms with van der Waals surface area (Å²) in [4.78, 5) is 4.16. The van der Waals surface area contributed by atoms with Crippen LogP contribution in [0.4, 0.5) is 17.1 Å². The first-order valence-corrected chi connectivity index (χ1v) is 11.5. The first-order chi connectivity index (χ1) is 15.9. The van der Waals surface area contributed by atoms with Crippen molar-refractivity contribution in [1.82, 2.24) is 4.98 Å². The van der Waals surface area contributed by atoms with Crippen LogP contribution in [-0.4, -0.2) is 24.6 Å². The molecule has 0 unspecified atom stereocenters. The molecule has 0 aliphatic rings. The van der Waals surface area contributed by atoms with Gasteiger partial charge >= 0.3 is 29.6 Å². The van der Waals surface area contributed by atoms with Gasteiger partial charge in [-0.15, -0.1) is 16.6 Å². The second-order valence-corrected chi connectivity index (χ2v) is 8.52. The number of hydrogen-bond acceptors (Lipinski definition) is 7. The fourth-order valence-corrected chi connectivity index (χ4v) is 4.07. The summed E-state index contributed by atoms with van der Waals surface area (Å²) in [5, 5.41) is 9.01. The molecule has 0 saturated carbocycles. The predicted molar refractivity (Wildman–Crippen MR) is 127 cm³/mol. The number of hydrogen-bond donors (Lipinski definition) is 2. The van der Waals surface area contributed by atoms with Crippen LogP contribution in [0, 0.1) is 6.92 Å². The average Bonchev–Trinajstić information content (AvgIpc) is 2.82. The molecule has 4 rings (SSSR count). The van der Waals surface area contributed by atoms with Crippen molar-refractivity contribution in [3.05, 3.63) is 79.9 Å². The van der Waals surface area contributed by atoms with Gasteiger partial charge in [0.1, 0.15) is 22.0 Å². The molecule has 0 aliphatic carbocycles. The van der Waals surface area contributed by atoms with Crippen LogP contribution in [0.15, 0.2) is 88.1 Å². The number of nitrogens with two attached hydrogens (primary N) is 1. The Morgan fingerprint density at radius 2 is 1.71 bits per heavy atom. The predicted octanol–water partition coefficient (Wildman–Crippen LogP) is 2.75. The Morgan fingerprint density at radius 3 is 2.38 bits per heavy atom. The summed E-state index contributed by atoms with van der Waals surface area (Å²) < 4.78 is 39.1. The number of nitrogen functional groups attached to an aromatic ring is 1. The molecule has 0 saturated heterocycles. The van der Waals surface area contributed by atoms with Crippen LogP contribution in [0.25, 0.3) is 22.0 Å². The van der Waals surface area contributed by atoms with Crippen molar-refractivity contribution in [3.8, 4) is 17.0 Å². The monoisotopic (exact) mass is 484 g/mol. The Bertz CT molecular complexity index is 1440. The molecule has 1 aromatic heterocycles. The summed E-state index contributed by atoms with van der Waals surface area (Å²) in [7, 11) is -4.48. The van der Waals surface area contributed by atoms with Crippen LogP contribution >= 0.6 is 0 Å². The molecular formula is C24H21N4NaO4S. The van der Waals surface area contributed by atoms with Gasteiger partial charge in [-0.05, 0) is 30.3 Å². The summed E-state index contributed by atoms with van der Waals surface area (Å²) >= 11 is 0. The molecule has 34 heavy (non-hydrogen) atoms. The first-order valence-electron chi connectivity index (χ1n) is 10.1. The first kappa shape index (κ1) is 25.8. The average molecular weight is 485 g/mol. The van der Waals surface area contributed by atoms with Crippen molar-refractivity contribution in [3.63, 3.8) is 0 Å². The molecule has 3 aromatic carbocycles. The number of azo groups is 1. The van der Waals surface area contributed by atoms with Crippen molar-refractivity contribution in [2.45, 2.75) is 11.3 Å². The van der Waals surface area contributed by atoms with E-state index in [9.17, 15) is 13.0 Å². The molecular weight excluding hydrogens is 463 g/mol. The van der Waals surface area contributed by atoms with Gasteiger partial charge in [0.05, 0.1) is 24.2 Å². The maximum Gasteiger partial charge on any atom is 1.00 e. The molecule has 4 aromatic rings. The van der Waals surface area contributed by atoms with Crippen LogP contribution in [0.5, 0.6) is 5.75 Å². The number of rotatable bonds is 7. The summed E-state index contributed by atoms with van der Waals surface area (Å²) in [6.07, 6.45) is 2.19. The normalized spacial score (nSPS) is 11.5. The van der Waals surface area contributed by atoms with E-state index in [-0.39, 0.29) is 45.8 Å². The SMILES string of the molecule is [CH2-]CCOc1ccccc1-c1ccc(N=Nc2cc(S(=O)(=O)O)c3ccccc3c2N)cn1.[Na+]. The van der Waals surface area contributed by atoms with E-state index in [0.29, 0.717) is 40.9 Å². The van der Waals surface area contributed by atoms with Gasteiger partial charge in [0, 0.05) is 16.3 Å². The number of nitrogens with zero attached hydrogens (tertiary/aromatic N) is 3. The Morgan fingerprint density at radius 1 is 1.00 bits per heavy atom. The molecule has 1 heterocycles. The van der Waals surface area contributed by atoms with Crippen LogP contribution in [0.2, 0.25) is 0 Å². The molecule has 8 nitrogen and oxygen atoms in total. The number of benzene rings is 3. The van der Waals surface area contributed by atoms with Crippen LogP contribution in [0.3, 0.4) is 0 Å². The molecule has 0 amide bonds. The van der Waals surface area contributed by atoms with Gasteiger partial charge in [0.2, 0.25) is 0 Å². The standard InChI is InChI=1S/C24H21N4O4S.Na/c1-2-13-32-22-10-6-5-9-19(22)20-12-11-16(15-26-20)27-28-21-14-23(33(29,30)31)17-7-3-4-8-18(17)24(21)25;/h3-12,14-15H,1-2,13,25H2,(H,29,30,31);/q-1;+1. The molecule has 10 heteroatoms. The van der Waals surface area contributed by atoms with Crippen molar-refractivity contribution in [1.29, 1.82) is 0 Å². The third-order valence-electron chi connectivity index (χ3n) is 4.89. The maximum atomic E-state index is 11.9. The third-order valence-corrected chi connectivity index (χ3v) is 5.78. The Labute approximate surface area is 219 Å². The molecule has 0 spiro atoms. The smallest absolute Gasteiger partial charge is 0.496 e.